The zero-order valence-electron chi connectivity index (χ0n) is 14.9. The zero-order chi connectivity index (χ0) is 17.2. The SMILES string of the molecule is CC.CNC(c1ccc2c(c1)sc1cc(O)ccc12)C(C)(C)C. The maximum atomic E-state index is 9.64. The summed E-state index contributed by atoms with van der Waals surface area (Å²) in [7, 11) is 2.02. The number of thiophene rings is 1. The Hall–Kier alpha value is -1.58. The fourth-order valence-electron chi connectivity index (χ4n) is 3.06. The Morgan fingerprint density at radius 2 is 1.52 bits per heavy atom. The molecule has 0 fully saturated rings. The van der Waals surface area contributed by atoms with Gasteiger partial charge in [0.25, 0.3) is 0 Å². The summed E-state index contributed by atoms with van der Waals surface area (Å²) in [5.41, 5.74) is 1.48. The van der Waals surface area contributed by atoms with Crippen molar-refractivity contribution in [2.75, 3.05) is 7.05 Å². The molecule has 0 amide bonds. The lowest BCUT2D eigenvalue weighted by Gasteiger charge is -2.30. The molecule has 3 aromatic rings. The fraction of sp³-hybridized carbons (Fsp3) is 0.400. The molecular formula is C20H27NOS. The van der Waals surface area contributed by atoms with E-state index in [-0.39, 0.29) is 5.41 Å². The van der Waals surface area contributed by atoms with Crippen molar-refractivity contribution in [3.63, 3.8) is 0 Å². The van der Waals surface area contributed by atoms with E-state index >= 15 is 0 Å². The van der Waals surface area contributed by atoms with Gasteiger partial charge in [-0.1, -0.05) is 46.8 Å². The van der Waals surface area contributed by atoms with E-state index < -0.39 is 0 Å². The second-order valence-corrected chi connectivity index (χ2v) is 7.71. The van der Waals surface area contributed by atoms with E-state index in [1.54, 1.807) is 17.4 Å². The van der Waals surface area contributed by atoms with Gasteiger partial charge in [0.2, 0.25) is 0 Å². The molecule has 2 nitrogen and oxygen atoms in total. The lowest BCUT2D eigenvalue weighted by molar-refractivity contribution is 0.287. The first-order chi connectivity index (χ1) is 10.9. The summed E-state index contributed by atoms with van der Waals surface area (Å²) < 4.78 is 2.41. The molecule has 0 saturated heterocycles. The van der Waals surface area contributed by atoms with Crippen molar-refractivity contribution in [2.45, 2.75) is 40.7 Å². The molecule has 0 aliphatic rings. The van der Waals surface area contributed by atoms with Gasteiger partial charge in [0, 0.05) is 26.2 Å². The van der Waals surface area contributed by atoms with Gasteiger partial charge < -0.3 is 10.4 Å². The van der Waals surface area contributed by atoms with Crippen molar-refractivity contribution in [1.82, 2.24) is 5.32 Å². The van der Waals surface area contributed by atoms with E-state index in [1.807, 2.05) is 33.0 Å². The molecule has 3 rings (SSSR count). The van der Waals surface area contributed by atoms with E-state index in [2.05, 4.69) is 44.3 Å². The number of fused-ring (bicyclic) bond motifs is 3. The molecule has 0 aliphatic carbocycles. The third-order valence-corrected chi connectivity index (χ3v) is 5.08. The lowest BCUT2D eigenvalue weighted by Crippen LogP contribution is -2.29. The smallest absolute Gasteiger partial charge is 0.117 e. The van der Waals surface area contributed by atoms with Crippen molar-refractivity contribution in [2.24, 2.45) is 5.41 Å². The van der Waals surface area contributed by atoms with Crippen LogP contribution in [0.3, 0.4) is 0 Å². The van der Waals surface area contributed by atoms with Crippen LogP contribution < -0.4 is 5.32 Å². The summed E-state index contributed by atoms with van der Waals surface area (Å²) in [5.74, 6) is 0.331. The molecular weight excluding hydrogens is 302 g/mol. The fourth-order valence-corrected chi connectivity index (χ4v) is 4.25. The number of benzene rings is 2. The maximum Gasteiger partial charge on any atom is 0.117 e. The number of hydrogen-bond acceptors (Lipinski definition) is 3. The molecule has 3 heteroatoms. The molecule has 1 unspecified atom stereocenters. The zero-order valence-corrected chi connectivity index (χ0v) is 15.7. The van der Waals surface area contributed by atoms with Gasteiger partial charge in [-0.15, -0.1) is 11.3 Å². The van der Waals surface area contributed by atoms with Gasteiger partial charge in [-0.2, -0.15) is 0 Å². The van der Waals surface area contributed by atoms with Crippen molar-refractivity contribution in [3.05, 3.63) is 42.0 Å². The first kappa shape index (κ1) is 17.8. The van der Waals surface area contributed by atoms with E-state index in [0.29, 0.717) is 11.8 Å². The molecule has 0 saturated carbocycles. The Morgan fingerprint density at radius 3 is 2.09 bits per heavy atom. The normalized spacial score (nSPS) is 13.0. The summed E-state index contributed by atoms with van der Waals surface area (Å²) in [5, 5.41) is 15.6. The average Bonchev–Trinajstić information content (AvgIpc) is 2.85. The molecule has 124 valence electrons. The summed E-state index contributed by atoms with van der Waals surface area (Å²) >= 11 is 1.74. The van der Waals surface area contributed by atoms with Gasteiger partial charge in [0.1, 0.15) is 5.75 Å². The van der Waals surface area contributed by atoms with Gasteiger partial charge in [-0.3, -0.25) is 0 Å². The van der Waals surface area contributed by atoms with Crippen LogP contribution in [0.1, 0.15) is 46.2 Å². The molecule has 0 aliphatic heterocycles. The second kappa shape index (κ2) is 6.90. The van der Waals surface area contributed by atoms with Crippen molar-refractivity contribution < 1.29 is 5.11 Å². The number of nitrogens with one attached hydrogen (secondary N) is 1. The van der Waals surface area contributed by atoms with Crippen LogP contribution in [0.15, 0.2) is 36.4 Å². The Balaban J connectivity index is 0.000000924. The number of aromatic hydroxyl groups is 1. The van der Waals surface area contributed by atoms with E-state index in [1.165, 1.54) is 21.0 Å². The summed E-state index contributed by atoms with van der Waals surface area (Å²) in [6.45, 7) is 10.8. The van der Waals surface area contributed by atoms with Gasteiger partial charge >= 0.3 is 0 Å². The van der Waals surface area contributed by atoms with Gasteiger partial charge in [0.15, 0.2) is 0 Å². The molecule has 0 radical (unpaired) electrons. The molecule has 0 spiro atoms. The Kier molecular flexibility index (Phi) is 5.33. The summed E-state index contributed by atoms with van der Waals surface area (Å²) in [6, 6.07) is 12.6. The number of rotatable bonds is 2. The Morgan fingerprint density at radius 1 is 0.957 bits per heavy atom. The highest BCUT2D eigenvalue weighted by Crippen LogP contribution is 2.39. The number of phenolic OH excluding ortho intramolecular Hbond substituents is 1. The largest absolute Gasteiger partial charge is 0.508 e. The highest BCUT2D eigenvalue weighted by Gasteiger charge is 2.25. The van der Waals surface area contributed by atoms with E-state index in [4.69, 9.17) is 0 Å². The third-order valence-electron chi connectivity index (χ3n) is 3.97. The van der Waals surface area contributed by atoms with Gasteiger partial charge in [-0.25, -0.2) is 0 Å². The molecule has 2 N–H and O–H groups in total. The first-order valence-electron chi connectivity index (χ1n) is 8.22. The predicted molar refractivity (Wildman–Crippen MR) is 104 cm³/mol. The quantitative estimate of drug-likeness (QED) is 0.596. The highest BCUT2D eigenvalue weighted by molar-refractivity contribution is 7.25. The van der Waals surface area contributed by atoms with Gasteiger partial charge in [0.05, 0.1) is 0 Å². The number of phenols is 1. The van der Waals surface area contributed by atoms with Crippen molar-refractivity contribution >= 4 is 31.5 Å². The van der Waals surface area contributed by atoms with Crippen molar-refractivity contribution in [3.8, 4) is 5.75 Å². The van der Waals surface area contributed by atoms with Crippen LogP contribution in [0.5, 0.6) is 5.75 Å². The van der Waals surface area contributed by atoms with Crippen LogP contribution in [0.25, 0.3) is 20.2 Å². The Bertz CT molecular complexity index is 798. The highest BCUT2D eigenvalue weighted by atomic mass is 32.1. The standard InChI is InChI=1S/C18H21NOS.C2H6/c1-18(2,3)17(19-4)11-5-7-13-14-8-6-12(20)10-16(14)21-15(13)9-11;1-2/h5-10,17,19-20H,1-4H3;1-2H3. The van der Waals surface area contributed by atoms with Crippen LogP contribution in [0.4, 0.5) is 0 Å². The topological polar surface area (TPSA) is 32.3 Å². The average molecular weight is 330 g/mol. The van der Waals surface area contributed by atoms with Crippen LogP contribution >= 0.6 is 11.3 Å². The first-order valence-corrected chi connectivity index (χ1v) is 9.04. The van der Waals surface area contributed by atoms with E-state index in [0.717, 1.165) is 4.70 Å². The third kappa shape index (κ3) is 3.51. The van der Waals surface area contributed by atoms with Crippen LogP contribution in [0.2, 0.25) is 0 Å². The Labute approximate surface area is 143 Å². The number of hydrogen-bond donors (Lipinski definition) is 2. The van der Waals surface area contributed by atoms with Crippen LogP contribution in [0, 0.1) is 5.41 Å². The molecule has 2 aromatic carbocycles. The van der Waals surface area contributed by atoms with Crippen LogP contribution in [-0.2, 0) is 0 Å². The molecule has 1 atom stereocenters. The lowest BCUT2D eigenvalue weighted by atomic mass is 9.82. The van der Waals surface area contributed by atoms with Gasteiger partial charge in [-0.05, 0) is 42.3 Å². The predicted octanol–water partition coefficient (Wildman–Crippen LogP) is 6.09. The minimum absolute atomic E-state index is 0.164. The molecule has 1 aromatic heterocycles. The minimum atomic E-state index is 0.164. The second-order valence-electron chi connectivity index (χ2n) is 6.63. The monoisotopic (exact) mass is 329 g/mol. The van der Waals surface area contributed by atoms with Crippen molar-refractivity contribution in [1.29, 1.82) is 0 Å². The summed E-state index contributed by atoms with van der Waals surface area (Å²) in [4.78, 5) is 0. The molecule has 23 heavy (non-hydrogen) atoms. The van der Waals surface area contributed by atoms with E-state index in [9.17, 15) is 5.11 Å². The maximum absolute atomic E-state index is 9.64. The van der Waals surface area contributed by atoms with Crippen LogP contribution in [-0.4, -0.2) is 12.2 Å². The minimum Gasteiger partial charge on any atom is -0.508 e. The summed E-state index contributed by atoms with van der Waals surface area (Å²) in [6.07, 6.45) is 0. The molecule has 1 heterocycles. The molecule has 0 bridgehead atoms.